The summed E-state index contributed by atoms with van der Waals surface area (Å²) >= 11 is 0. The zero-order valence-corrected chi connectivity index (χ0v) is 14.3. The molecule has 0 amide bonds. The van der Waals surface area contributed by atoms with Crippen molar-refractivity contribution < 1.29 is 29.5 Å². The predicted octanol–water partition coefficient (Wildman–Crippen LogP) is 1.23. The highest BCUT2D eigenvalue weighted by atomic mass is 16.7. The number of hydrogen-bond acceptors (Lipinski definition) is 6. The highest BCUT2D eigenvalue weighted by Crippen LogP contribution is 2.26. The average molecular weight is 360 g/mol. The molecule has 0 aliphatic carbocycles. The summed E-state index contributed by atoms with van der Waals surface area (Å²) in [5.74, 6) is 0. The molecule has 1 fully saturated rings. The number of hydrogen-bond donors (Lipinski definition) is 3. The van der Waals surface area contributed by atoms with Gasteiger partial charge >= 0.3 is 0 Å². The minimum atomic E-state index is -1.44. The number of ether oxygens (including phenoxy) is 3. The Balaban J connectivity index is 1.71. The highest BCUT2D eigenvalue weighted by molar-refractivity contribution is 5.14. The van der Waals surface area contributed by atoms with Crippen molar-refractivity contribution in [1.82, 2.24) is 0 Å². The van der Waals surface area contributed by atoms with Gasteiger partial charge in [0.15, 0.2) is 6.29 Å². The first-order valence-corrected chi connectivity index (χ1v) is 8.62. The van der Waals surface area contributed by atoms with Crippen molar-refractivity contribution in [3.05, 3.63) is 71.8 Å². The lowest BCUT2D eigenvalue weighted by atomic mass is 9.98. The van der Waals surface area contributed by atoms with E-state index in [2.05, 4.69) is 0 Å². The van der Waals surface area contributed by atoms with E-state index in [1.165, 1.54) is 0 Å². The molecule has 3 N–H and O–H groups in total. The lowest BCUT2D eigenvalue weighted by Gasteiger charge is -2.42. The normalized spacial score (nSPS) is 28.8. The molecule has 1 heterocycles. The van der Waals surface area contributed by atoms with Crippen LogP contribution in [0.3, 0.4) is 0 Å². The summed E-state index contributed by atoms with van der Waals surface area (Å²) in [4.78, 5) is 0. The Bertz CT molecular complexity index is 606. The fourth-order valence-corrected chi connectivity index (χ4v) is 2.98. The van der Waals surface area contributed by atoms with E-state index in [0.717, 1.165) is 11.1 Å². The largest absolute Gasteiger partial charge is 0.394 e. The molecule has 6 heteroatoms. The molecule has 6 nitrogen and oxygen atoms in total. The Morgan fingerprint density at radius 1 is 0.769 bits per heavy atom. The Morgan fingerprint density at radius 2 is 1.27 bits per heavy atom. The van der Waals surface area contributed by atoms with Crippen LogP contribution in [0.4, 0.5) is 0 Å². The van der Waals surface area contributed by atoms with Crippen LogP contribution in [0.25, 0.3) is 0 Å². The van der Waals surface area contributed by atoms with Crippen LogP contribution >= 0.6 is 0 Å². The molecule has 0 unspecified atom stereocenters. The molecule has 1 aliphatic rings. The topological polar surface area (TPSA) is 88.4 Å². The first-order valence-electron chi connectivity index (χ1n) is 8.62. The Kier molecular flexibility index (Phi) is 6.73. The van der Waals surface area contributed by atoms with Crippen molar-refractivity contribution in [2.24, 2.45) is 0 Å². The summed E-state index contributed by atoms with van der Waals surface area (Å²) in [7, 11) is 0. The molecule has 0 bridgehead atoms. The molecule has 3 rings (SSSR count). The molecule has 0 saturated carbocycles. The lowest BCUT2D eigenvalue weighted by molar-refractivity contribution is -0.305. The van der Waals surface area contributed by atoms with Crippen LogP contribution in [0, 0.1) is 0 Å². The molecule has 2 aromatic rings. The van der Waals surface area contributed by atoms with Gasteiger partial charge in [0.05, 0.1) is 19.8 Å². The van der Waals surface area contributed by atoms with Gasteiger partial charge in [0.25, 0.3) is 0 Å². The Labute approximate surface area is 152 Å². The van der Waals surface area contributed by atoms with E-state index in [1.54, 1.807) is 0 Å². The van der Waals surface area contributed by atoms with E-state index < -0.39 is 30.7 Å². The van der Waals surface area contributed by atoms with Gasteiger partial charge in [-0.05, 0) is 11.1 Å². The standard InChI is InChI=1S/C20H24O6/c21-11-16-18(24-12-14-7-3-1-4-8-14)19(17(22)20(23)26-16)25-13-15-9-5-2-6-10-15/h1-10,16-23H,11-13H2/t16-,17+,18-,19-,20+/m1/s1. The molecule has 0 radical (unpaired) electrons. The van der Waals surface area contributed by atoms with Gasteiger partial charge in [-0.1, -0.05) is 60.7 Å². The second-order valence-corrected chi connectivity index (χ2v) is 6.26. The maximum absolute atomic E-state index is 10.3. The van der Waals surface area contributed by atoms with Crippen LogP contribution in [0.2, 0.25) is 0 Å². The third kappa shape index (κ3) is 4.67. The van der Waals surface area contributed by atoms with Gasteiger partial charge in [0, 0.05) is 0 Å². The minimum absolute atomic E-state index is 0.249. The molecule has 1 aliphatic heterocycles. The van der Waals surface area contributed by atoms with Gasteiger partial charge in [-0.15, -0.1) is 0 Å². The van der Waals surface area contributed by atoms with Gasteiger partial charge < -0.3 is 29.5 Å². The molecule has 2 aromatic carbocycles. The Morgan fingerprint density at radius 3 is 1.77 bits per heavy atom. The summed E-state index contributed by atoms with van der Waals surface area (Å²) < 4.78 is 17.1. The predicted molar refractivity (Wildman–Crippen MR) is 94.0 cm³/mol. The number of aliphatic hydroxyl groups excluding tert-OH is 3. The molecular formula is C20H24O6. The van der Waals surface area contributed by atoms with Crippen molar-refractivity contribution in [2.45, 2.75) is 43.9 Å². The van der Waals surface area contributed by atoms with Crippen LogP contribution < -0.4 is 0 Å². The molecule has 140 valence electrons. The van der Waals surface area contributed by atoms with E-state index >= 15 is 0 Å². The molecule has 26 heavy (non-hydrogen) atoms. The number of rotatable bonds is 7. The second kappa shape index (κ2) is 9.23. The summed E-state index contributed by atoms with van der Waals surface area (Å²) in [6.07, 6.45) is -5.06. The summed E-state index contributed by atoms with van der Waals surface area (Å²) in [5, 5.41) is 29.9. The zero-order chi connectivity index (χ0) is 18.4. The van der Waals surface area contributed by atoms with Crippen LogP contribution in [0.1, 0.15) is 11.1 Å². The zero-order valence-electron chi connectivity index (χ0n) is 14.3. The highest BCUT2D eigenvalue weighted by Gasteiger charge is 2.46. The van der Waals surface area contributed by atoms with Crippen LogP contribution in [0.15, 0.2) is 60.7 Å². The first-order chi connectivity index (χ1) is 12.7. The lowest BCUT2D eigenvalue weighted by Crippen LogP contribution is -2.60. The van der Waals surface area contributed by atoms with E-state index in [1.807, 2.05) is 60.7 Å². The molecule has 0 aromatic heterocycles. The van der Waals surface area contributed by atoms with Crippen molar-refractivity contribution >= 4 is 0 Å². The van der Waals surface area contributed by atoms with Crippen molar-refractivity contribution in [1.29, 1.82) is 0 Å². The van der Waals surface area contributed by atoms with E-state index in [4.69, 9.17) is 14.2 Å². The quantitative estimate of drug-likeness (QED) is 0.688. The van der Waals surface area contributed by atoms with Gasteiger partial charge in [0.1, 0.15) is 24.4 Å². The molecule has 5 atom stereocenters. The fraction of sp³-hybridized carbons (Fsp3) is 0.400. The van der Waals surface area contributed by atoms with E-state index in [0.29, 0.717) is 0 Å². The summed E-state index contributed by atoms with van der Waals surface area (Å²) in [6, 6.07) is 19.1. The summed E-state index contributed by atoms with van der Waals surface area (Å²) in [6.45, 7) is 0.173. The maximum Gasteiger partial charge on any atom is 0.184 e. The van der Waals surface area contributed by atoms with Crippen LogP contribution in [-0.4, -0.2) is 52.6 Å². The smallest absolute Gasteiger partial charge is 0.184 e. The number of benzene rings is 2. The van der Waals surface area contributed by atoms with Crippen molar-refractivity contribution in [3.8, 4) is 0 Å². The molecular weight excluding hydrogens is 336 g/mol. The Hall–Kier alpha value is -1.80. The monoisotopic (exact) mass is 360 g/mol. The maximum atomic E-state index is 10.3. The average Bonchev–Trinajstić information content (AvgIpc) is 2.69. The number of aliphatic hydroxyl groups is 3. The van der Waals surface area contributed by atoms with Crippen molar-refractivity contribution in [3.63, 3.8) is 0 Å². The van der Waals surface area contributed by atoms with Gasteiger partial charge in [-0.2, -0.15) is 0 Å². The first kappa shape index (κ1) is 19.0. The van der Waals surface area contributed by atoms with Gasteiger partial charge in [-0.25, -0.2) is 0 Å². The molecule has 1 saturated heterocycles. The van der Waals surface area contributed by atoms with Crippen LogP contribution in [-0.2, 0) is 27.4 Å². The summed E-state index contributed by atoms with van der Waals surface area (Å²) in [5.41, 5.74) is 1.88. The third-order valence-electron chi connectivity index (χ3n) is 4.38. The third-order valence-corrected chi connectivity index (χ3v) is 4.38. The van der Waals surface area contributed by atoms with E-state index in [9.17, 15) is 15.3 Å². The van der Waals surface area contributed by atoms with Crippen LogP contribution in [0.5, 0.6) is 0 Å². The fourth-order valence-electron chi connectivity index (χ4n) is 2.98. The minimum Gasteiger partial charge on any atom is -0.394 e. The second-order valence-electron chi connectivity index (χ2n) is 6.26. The van der Waals surface area contributed by atoms with E-state index in [-0.39, 0.29) is 19.8 Å². The van der Waals surface area contributed by atoms with Crippen molar-refractivity contribution in [2.75, 3.05) is 6.61 Å². The SMILES string of the molecule is OC[C@H]1O[C@H](O)[C@@H](O)[C@@H](OCc2ccccc2)[C@@H]1OCc1ccccc1. The van der Waals surface area contributed by atoms with Gasteiger partial charge in [0.2, 0.25) is 0 Å². The van der Waals surface area contributed by atoms with Gasteiger partial charge in [-0.3, -0.25) is 0 Å². The molecule has 0 spiro atoms.